The standard InChI is InChI=1S/C16H20N4O2S2/c1-4-8-17-15-19-20-16(24-15)23-11(3)14(22)18-13-7-5-6-12(9-13)10(2)21/h5-7,9,11H,4,8H2,1-3H3,(H,17,19)(H,18,22)/t11-/m0/s1. The number of Topliss-reactive ketones (excluding diaryl/α,β-unsaturated/α-hetero) is 1. The van der Waals surface area contributed by atoms with E-state index in [1.165, 1.54) is 30.0 Å². The summed E-state index contributed by atoms with van der Waals surface area (Å²) in [5, 5.41) is 14.6. The minimum absolute atomic E-state index is 0.0329. The smallest absolute Gasteiger partial charge is 0.237 e. The maximum absolute atomic E-state index is 12.3. The number of thioether (sulfide) groups is 1. The van der Waals surface area contributed by atoms with Gasteiger partial charge in [0.25, 0.3) is 0 Å². The van der Waals surface area contributed by atoms with Crippen LogP contribution in [0, 0.1) is 0 Å². The van der Waals surface area contributed by atoms with E-state index in [9.17, 15) is 9.59 Å². The topological polar surface area (TPSA) is 84.0 Å². The quantitative estimate of drug-likeness (QED) is 0.549. The predicted molar refractivity (Wildman–Crippen MR) is 99.1 cm³/mol. The van der Waals surface area contributed by atoms with E-state index in [4.69, 9.17) is 0 Å². The van der Waals surface area contributed by atoms with Gasteiger partial charge in [-0.25, -0.2) is 0 Å². The number of carbonyl (C=O) groups excluding carboxylic acids is 2. The van der Waals surface area contributed by atoms with Crippen molar-refractivity contribution in [1.29, 1.82) is 0 Å². The Kier molecular flexibility index (Phi) is 6.74. The van der Waals surface area contributed by atoms with E-state index in [2.05, 4.69) is 27.8 Å². The maximum atomic E-state index is 12.3. The van der Waals surface area contributed by atoms with E-state index < -0.39 is 0 Å². The van der Waals surface area contributed by atoms with Gasteiger partial charge in [0, 0.05) is 17.8 Å². The van der Waals surface area contributed by atoms with Gasteiger partial charge in [-0.3, -0.25) is 9.59 Å². The first-order valence-electron chi connectivity index (χ1n) is 7.65. The zero-order valence-corrected chi connectivity index (χ0v) is 15.5. The van der Waals surface area contributed by atoms with Crippen molar-refractivity contribution in [2.45, 2.75) is 36.8 Å². The summed E-state index contributed by atoms with van der Waals surface area (Å²) in [5.74, 6) is -0.173. The lowest BCUT2D eigenvalue weighted by Crippen LogP contribution is -2.22. The zero-order chi connectivity index (χ0) is 17.5. The van der Waals surface area contributed by atoms with E-state index in [0.29, 0.717) is 11.3 Å². The maximum Gasteiger partial charge on any atom is 0.237 e. The highest BCUT2D eigenvalue weighted by Crippen LogP contribution is 2.29. The zero-order valence-electron chi connectivity index (χ0n) is 13.8. The lowest BCUT2D eigenvalue weighted by atomic mass is 10.1. The largest absolute Gasteiger partial charge is 0.360 e. The number of nitrogens with one attached hydrogen (secondary N) is 2. The molecular weight excluding hydrogens is 344 g/mol. The molecule has 0 unspecified atom stereocenters. The highest BCUT2D eigenvalue weighted by atomic mass is 32.2. The van der Waals surface area contributed by atoms with Crippen LogP contribution in [-0.4, -0.2) is 33.7 Å². The van der Waals surface area contributed by atoms with Gasteiger partial charge >= 0.3 is 0 Å². The fourth-order valence-corrected chi connectivity index (χ4v) is 3.75. The third kappa shape index (κ3) is 5.31. The van der Waals surface area contributed by atoms with Gasteiger partial charge in [-0.2, -0.15) is 0 Å². The second kappa shape index (κ2) is 8.79. The molecule has 0 bridgehead atoms. The number of hydrogen-bond acceptors (Lipinski definition) is 7. The Labute approximate surface area is 149 Å². The second-order valence-electron chi connectivity index (χ2n) is 5.19. The normalized spacial score (nSPS) is 11.8. The Bertz CT molecular complexity index is 718. The molecule has 1 aromatic heterocycles. The molecule has 24 heavy (non-hydrogen) atoms. The van der Waals surface area contributed by atoms with Gasteiger partial charge in [-0.05, 0) is 32.4 Å². The van der Waals surface area contributed by atoms with Crippen LogP contribution in [0.1, 0.15) is 37.6 Å². The van der Waals surface area contributed by atoms with Gasteiger partial charge in [0.05, 0.1) is 5.25 Å². The predicted octanol–water partition coefficient (Wildman–Crippen LogP) is 3.68. The molecule has 2 N–H and O–H groups in total. The van der Waals surface area contributed by atoms with Crippen molar-refractivity contribution in [2.75, 3.05) is 17.2 Å². The Hall–Kier alpha value is -1.93. The van der Waals surface area contributed by atoms with Crippen LogP contribution in [0.25, 0.3) is 0 Å². The van der Waals surface area contributed by atoms with Crippen LogP contribution in [-0.2, 0) is 4.79 Å². The Morgan fingerprint density at radius 1 is 1.33 bits per heavy atom. The summed E-state index contributed by atoms with van der Waals surface area (Å²) in [6.07, 6.45) is 1.01. The summed E-state index contributed by atoms with van der Waals surface area (Å²) in [4.78, 5) is 23.7. The van der Waals surface area contributed by atoms with Crippen molar-refractivity contribution >= 4 is 45.6 Å². The molecule has 0 fully saturated rings. The average Bonchev–Trinajstić information content (AvgIpc) is 3.00. The molecule has 1 heterocycles. The molecule has 0 aliphatic rings. The minimum Gasteiger partial charge on any atom is -0.360 e. The van der Waals surface area contributed by atoms with Crippen LogP contribution in [0.3, 0.4) is 0 Å². The lowest BCUT2D eigenvalue weighted by Gasteiger charge is -2.10. The van der Waals surface area contributed by atoms with Crippen LogP contribution >= 0.6 is 23.1 Å². The van der Waals surface area contributed by atoms with E-state index in [-0.39, 0.29) is 16.9 Å². The summed E-state index contributed by atoms with van der Waals surface area (Å²) in [7, 11) is 0. The fourth-order valence-electron chi connectivity index (χ4n) is 1.83. The molecule has 6 nitrogen and oxygen atoms in total. The van der Waals surface area contributed by atoms with Crippen molar-refractivity contribution in [3.8, 4) is 0 Å². The molecule has 2 aromatic rings. The molecule has 1 aromatic carbocycles. The van der Waals surface area contributed by atoms with Crippen LogP contribution in [0.4, 0.5) is 10.8 Å². The van der Waals surface area contributed by atoms with Gasteiger partial charge < -0.3 is 10.6 Å². The molecular formula is C16H20N4O2S2. The first-order chi connectivity index (χ1) is 11.5. The monoisotopic (exact) mass is 364 g/mol. The number of rotatable bonds is 8. The van der Waals surface area contributed by atoms with Crippen molar-refractivity contribution in [3.63, 3.8) is 0 Å². The van der Waals surface area contributed by atoms with Crippen LogP contribution < -0.4 is 10.6 Å². The molecule has 128 valence electrons. The first kappa shape index (κ1) is 18.4. The average molecular weight is 364 g/mol. The van der Waals surface area contributed by atoms with Crippen LogP contribution in [0.5, 0.6) is 0 Å². The highest BCUT2D eigenvalue weighted by Gasteiger charge is 2.17. The number of ketones is 1. The second-order valence-corrected chi connectivity index (χ2v) is 7.75. The molecule has 2 rings (SSSR count). The van der Waals surface area contributed by atoms with Gasteiger partial charge in [0.1, 0.15) is 0 Å². The molecule has 0 radical (unpaired) electrons. The Morgan fingerprint density at radius 2 is 2.12 bits per heavy atom. The van der Waals surface area contributed by atoms with Gasteiger partial charge in [-0.15, -0.1) is 10.2 Å². The third-order valence-electron chi connectivity index (χ3n) is 3.12. The van der Waals surface area contributed by atoms with Gasteiger partial charge in [0.15, 0.2) is 10.1 Å². The van der Waals surface area contributed by atoms with Crippen molar-refractivity contribution in [2.24, 2.45) is 0 Å². The molecule has 1 amide bonds. The van der Waals surface area contributed by atoms with Crippen molar-refractivity contribution in [1.82, 2.24) is 10.2 Å². The van der Waals surface area contributed by atoms with Crippen LogP contribution in [0.2, 0.25) is 0 Å². The SMILES string of the molecule is CCCNc1nnc(S[C@@H](C)C(=O)Nc2cccc(C(C)=O)c2)s1. The van der Waals surface area contributed by atoms with Gasteiger partial charge in [0.2, 0.25) is 11.0 Å². The molecule has 8 heteroatoms. The first-order valence-corrected chi connectivity index (χ1v) is 9.35. The number of aromatic nitrogens is 2. The summed E-state index contributed by atoms with van der Waals surface area (Å²) in [5.41, 5.74) is 1.19. The number of nitrogens with zero attached hydrogens (tertiary/aromatic N) is 2. The van der Waals surface area contributed by atoms with Gasteiger partial charge in [-0.1, -0.05) is 42.2 Å². The van der Waals surface area contributed by atoms with E-state index >= 15 is 0 Å². The Morgan fingerprint density at radius 3 is 2.83 bits per heavy atom. The Balaban J connectivity index is 1.93. The number of anilines is 2. The van der Waals surface area contributed by atoms with E-state index in [1.807, 2.05) is 6.92 Å². The summed E-state index contributed by atoms with van der Waals surface area (Å²) in [6.45, 7) is 6.24. The number of benzene rings is 1. The molecule has 0 saturated carbocycles. The van der Waals surface area contributed by atoms with Crippen LogP contribution in [0.15, 0.2) is 28.6 Å². The molecule has 0 aliphatic carbocycles. The lowest BCUT2D eigenvalue weighted by molar-refractivity contribution is -0.115. The van der Waals surface area contributed by atoms with Crippen molar-refractivity contribution in [3.05, 3.63) is 29.8 Å². The third-order valence-corrected chi connectivity index (χ3v) is 5.18. The fraction of sp³-hybridized carbons (Fsp3) is 0.375. The van der Waals surface area contributed by atoms with Crippen molar-refractivity contribution < 1.29 is 9.59 Å². The summed E-state index contributed by atoms with van der Waals surface area (Å²) < 4.78 is 0.744. The number of amides is 1. The minimum atomic E-state index is -0.321. The summed E-state index contributed by atoms with van der Waals surface area (Å²) >= 11 is 2.80. The molecule has 0 saturated heterocycles. The highest BCUT2D eigenvalue weighted by molar-refractivity contribution is 8.02. The number of hydrogen-bond donors (Lipinski definition) is 2. The van der Waals surface area contributed by atoms with E-state index in [0.717, 1.165) is 22.4 Å². The molecule has 1 atom stereocenters. The summed E-state index contributed by atoms with van der Waals surface area (Å²) in [6, 6.07) is 6.91. The van der Waals surface area contributed by atoms with E-state index in [1.54, 1.807) is 24.3 Å². The molecule has 0 aliphatic heterocycles. The number of carbonyl (C=O) groups is 2. The molecule has 0 spiro atoms.